The zero-order valence-electron chi connectivity index (χ0n) is 8.00. The molecule has 12 heavy (non-hydrogen) atoms. The highest BCUT2D eigenvalue weighted by Gasteiger charge is 1.99. The number of hydrogen-bond donors (Lipinski definition) is 0. The standard InChI is InChI=1S/C7H9FN2.C2H6/c1-5(2)6-3-9-7(8)10-4-6;1-2/h3-5H,1-2H3;1-2H3. The lowest BCUT2D eigenvalue weighted by molar-refractivity contribution is 0.535. The molecule has 0 aromatic carbocycles. The summed E-state index contributed by atoms with van der Waals surface area (Å²) in [4.78, 5) is 6.85. The monoisotopic (exact) mass is 170 g/mol. The largest absolute Gasteiger partial charge is 0.308 e. The lowest BCUT2D eigenvalue weighted by Gasteiger charge is -2.00. The predicted octanol–water partition coefficient (Wildman–Crippen LogP) is 2.77. The fraction of sp³-hybridized carbons (Fsp3) is 0.556. The second-order valence-corrected chi connectivity index (χ2v) is 2.44. The molecular formula is C9H15FN2. The molecule has 0 spiro atoms. The molecule has 0 radical (unpaired) electrons. The van der Waals surface area contributed by atoms with Gasteiger partial charge in [-0.3, -0.25) is 0 Å². The first kappa shape index (κ1) is 11.0. The van der Waals surface area contributed by atoms with Gasteiger partial charge in [0.15, 0.2) is 0 Å². The lowest BCUT2D eigenvalue weighted by Crippen LogP contribution is -1.93. The van der Waals surface area contributed by atoms with Gasteiger partial charge < -0.3 is 0 Å². The molecule has 0 N–H and O–H groups in total. The quantitative estimate of drug-likeness (QED) is 0.605. The molecule has 0 unspecified atom stereocenters. The van der Waals surface area contributed by atoms with Crippen molar-refractivity contribution in [2.24, 2.45) is 0 Å². The zero-order chi connectivity index (χ0) is 9.56. The van der Waals surface area contributed by atoms with E-state index in [2.05, 4.69) is 9.97 Å². The smallest absolute Gasteiger partial charge is 0.211 e. The highest BCUT2D eigenvalue weighted by Crippen LogP contribution is 2.09. The van der Waals surface area contributed by atoms with Gasteiger partial charge >= 0.3 is 6.08 Å². The lowest BCUT2D eigenvalue weighted by atomic mass is 10.1. The van der Waals surface area contributed by atoms with E-state index in [9.17, 15) is 4.39 Å². The Morgan fingerprint density at radius 1 is 1.17 bits per heavy atom. The molecule has 1 rings (SSSR count). The number of nitrogens with zero attached hydrogens (tertiary/aromatic N) is 2. The number of aromatic nitrogens is 2. The van der Waals surface area contributed by atoms with Gasteiger partial charge in [-0.2, -0.15) is 4.39 Å². The third-order valence-electron chi connectivity index (χ3n) is 1.31. The van der Waals surface area contributed by atoms with Crippen LogP contribution >= 0.6 is 0 Å². The van der Waals surface area contributed by atoms with Crippen molar-refractivity contribution in [3.8, 4) is 0 Å². The average molecular weight is 170 g/mol. The van der Waals surface area contributed by atoms with Gasteiger partial charge in [-0.1, -0.05) is 27.7 Å². The minimum atomic E-state index is -0.663. The van der Waals surface area contributed by atoms with E-state index in [-0.39, 0.29) is 0 Å². The second kappa shape index (κ2) is 5.63. The Morgan fingerprint density at radius 3 is 1.92 bits per heavy atom. The van der Waals surface area contributed by atoms with Crippen molar-refractivity contribution in [1.29, 1.82) is 0 Å². The fourth-order valence-corrected chi connectivity index (χ4v) is 0.620. The number of hydrogen-bond acceptors (Lipinski definition) is 2. The molecule has 0 aliphatic carbocycles. The average Bonchev–Trinajstić information content (AvgIpc) is 2.09. The predicted molar refractivity (Wildman–Crippen MR) is 47.4 cm³/mol. The molecule has 2 nitrogen and oxygen atoms in total. The van der Waals surface area contributed by atoms with Crippen LogP contribution in [0.25, 0.3) is 0 Å². The third kappa shape index (κ3) is 3.42. The van der Waals surface area contributed by atoms with Gasteiger partial charge in [0, 0.05) is 12.4 Å². The van der Waals surface area contributed by atoms with E-state index in [1.54, 1.807) is 0 Å². The highest BCUT2D eigenvalue weighted by molar-refractivity contribution is 5.07. The summed E-state index contributed by atoms with van der Waals surface area (Å²) in [6, 6.07) is 0. The Labute approximate surface area is 72.9 Å². The van der Waals surface area contributed by atoms with Crippen molar-refractivity contribution in [2.45, 2.75) is 33.6 Å². The summed E-state index contributed by atoms with van der Waals surface area (Å²) >= 11 is 0. The van der Waals surface area contributed by atoms with Gasteiger partial charge in [-0.05, 0) is 11.5 Å². The van der Waals surface area contributed by atoms with Crippen molar-refractivity contribution < 1.29 is 4.39 Å². The van der Waals surface area contributed by atoms with Crippen LogP contribution in [-0.2, 0) is 0 Å². The Hall–Kier alpha value is -0.990. The van der Waals surface area contributed by atoms with Crippen LogP contribution in [0.3, 0.4) is 0 Å². The summed E-state index contributed by atoms with van der Waals surface area (Å²) in [5.74, 6) is 0.362. The highest BCUT2D eigenvalue weighted by atomic mass is 19.1. The Balaban J connectivity index is 0.000000561. The van der Waals surface area contributed by atoms with E-state index in [4.69, 9.17) is 0 Å². The van der Waals surface area contributed by atoms with E-state index in [1.165, 1.54) is 12.4 Å². The Bertz CT molecular complexity index is 206. The molecule has 0 aliphatic heterocycles. The van der Waals surface area contributed by atoms with Crippen LogP contribution in [0.5, 0.6) is 0 Å². The maximum Gasteiger partial charge on any atom is 0.308 e. The first-order chi connectivity index (χ1) is 5.70. The summed E-state index contributed by atoms with van der Waals surface area (Å²) in [5, 5.41) is 0. The number of halogens is 1. The van der Waals surface area contributed by atoms with Crippen molar-refractivity contribution in [2.75, 3.05) is 0 Å². The first-order valence-corrected chi connectivity index (χ1v) is 4.17. The van der Waals surface area contributed by atoms with Crippen molar-refractivity contribution in [3.63, 3.8) is 0 Å². The molecule has 0 aliphatic rings. The minimum Gasteiger partial charge on any atom is -0.211 e. The molecule has 0 atom stereocenters. The molecule has 0 bridgehead atoms. The van der Waals surface area contributed by atoms with Gasteiger partial charge in [-0.25, -0.2) is 9.97 Å². The van der Waals surface area contributed by atoms with Crippen LogP contribution in [-0.4, -0.2) is 9.97 Å². The normalized spacial score (nSPS) is 9.17. The molecular weight excluding hydrogens is 155 g/mol. The number of rotatable bonds is 1. The van der Waals surface area contributed by atoms with Gasteiger partial charge in [0.1, 0.15) is 0 Å². The molecule has 1 heterocycles. The molecule has 68 valence electrons. The van der Waals surface area contributed by atoms with Crippen molar-refractivity contribution in [3.05, 3.63) is 24.0 Å². The topological polar surface area (TPSA) is 25.8 Å². The molecule has 0 fully saturated rings. The molecule has 1 aromatic heterocycles. The summed E-state index contributed by atoms with van der Waals surface area (Å²) in [6.07, 6.45) is 2.35. The summed E-state index contributed by atoms with van der Waals surface area (Å²) in [7, 11) is 0. The van der Waals surface area contributed by atoms with Crippen LogP contribution < -0.4 is 0 Å². The Kier molecular flexibility index (Phi) is 5.17. The molecule has 1 aromatic rings. The molecule has 0 saturated heterocycles. The summed E-state index contributed by atoms with van der Waals surface area (Å²) < 4.78 is 12.1. The van der Waals surface area contributed by atoms with Gasteiger partial charge in [0.2, 0.25) is 0 Å². The summed E-state index contributed by atoms with van der Waals surface area (Å²) in [6.45, 7) is 8.02. The maximum absolute atomic E-state index is 12.1. The van der Waals surface area contributed by atoms with Crippen LogP contribution in [0.1, 0.15) is 39.2 Å². The van der Waals surface area contributed by atoms with Crippen LogP contribution in [0.2, 0.25) is 0 Å². The summed E-state index contributed by atoms with van der Waals surface area (Å²) in [5.41, 5.74) is 0.960. The molecule has 0 saturated carbocycles. The van der Waals surface area contributed by atoms with E-state index in [0.717, 1.165) is 5.56 Å². The van der Waals surface area contributed by atoms with Crippen LogP contribution in [0.15, 0.2) is 12.4 Å². The minimum absolute atomic E-state index is 0.362. The SMILES string of the molecule is CC.CC(C)c1cnc(F)nc1. The van der Waals surface area contributed by atoms with Crippen LogP contribution in [0, 0.1) is 6.08 Å². The third-order valence-corrected chi connectivity index (χ3v) is 1.31. The Morgan fingerprint density at radius 2 is 1.58 bits per heavy atom. The van der Waals surface area contributed by atoms with Gasteiger partial charge in [0.25, 0.3) is 0 Å². The van der Waals surface area contributed by atoms with E-state index in [1.807, 2.05) is 27.7 Å². The second-order valence-electron chi connectivity index (χ2n) is 2.44. The molecule has 0 amide bonds. The van der Waals surface area contributed by atoms with Gasteiger partial charge in [-0.15, -0.1) is 0 Å². The van der Waals surface area contributed by atoms with Crippen molar-refractivity contribution in [1.82, 2.24) is 9.97 Å². The fourth-order valence-electron chi connectivity index (χ4n) is 0.620. The zero-order valence-corrected chi connectivity index (χ0v) is 8.00. The van der Waals surface area contributed by atoms with E-state index >= 15 is 0 Å². The van der Waals surface area contributed by atoms with Crippen LogP contribution in [0.4, 0.5) is 4.39 Å². The first-order valence-electron chi connectivity index (χ1n) is 4.17. The maximum atomic E-state index is 12.1. The van der Waals surface area contributed by atoms with E-state index < -0.39 is 6.08 Å². The van der Waals surface area contributed by atoms with Crippen molar-refractivity contribution >= 4 is 0 Å². The van der Waals surface area contributed by atoms with Gasteiger partial charge in [0.05, 0.1) is 0 Å². The molecule has 3 heteroatoms. The van der Waals surface area contributed by atoms with E-state index in [0.29, 0.717) is 5.92 Å².